The number of halogens is 4. The van der Waals surface area contributed by atoms with E-state index in [-0.39, 0.29) is 10.6 Å². The predicted molar refractivity (Wildman–Crippen MR) is 81.7 cm³/mol. The Morgan fingerprint density at radius 2 is 1.83 bits per heavy atom. The molecule has 1 amide bonds. The minimum absolute atomic E-state index is 0.215. The van der Waals surface area contributed by atoms with E-state index >= 15 is 0 Å². The molecule has 24 heavy (non-hydrogen) atoms. The van der Waals surface area contributed by atoms with E-state index in [2.05, 4.69) is 5.32 Å². The molecule has 0 radical (unpaired) electrons. The van der Waals surface area contributed by atoms with Crippen molar-refractivity contribution >= 4 is 17.7 Å². The molecule has 136 valence electrons. The fourth-order valence-corrected chi connectivity index (χ4v) is 2.03. The van der Waals surface area contributed by atoms with Crippen molar-refractivity contribution in [2.75, 3.05) is 6.54 Å². The number of rotatable bonds is 4. The summed E-state index contributed by atoms with van der Waals surface area (Å²) in [5, 5.41) is 21.8. The minimum Gasteiger partial charge on any atom is -0.444 e. The van der Waals surface area contributed by atoms with Crippen LogP contribution in [0.4, 0.5) is 18.0 Å². The number of ether oxygens (including phenoxy) is 1. The molecule has 2 unspecified atom stereocenters. The maximum atomic E-state index is 12.7. The average Bonchev–Trinajstić information content (AvgIpc) is 2.40. The average molecular weight is 370 g/mol. The van der Waals surface area contributed by atoms with Gasteiger partial charge in [0.25, 0.3) is 0 Å². The van der Waals surface area contributed by atoms with E-state index in [4.69, 9.17) is 16.3 Å². The van der Waals surface area contributed by atoms with Gasteiger partial charge in [0.15, 0.2) is 0 Å². The largest absolute Gasteiger partial charge is 0.444 e. The maximum Gasteiger partial charge on any atom is 0.416 e. The lowest BCUT2D eigenvalue weighted by Gasteiger charge is -2.22. The number of hydrogen-bond donors (Lipinski definition) is 3. The summed E-state index contributed by atoms with van der Waals surface area (Å²) in [6.45, 7) is 4.51. The number of hydrogen-bond acceptors (Lipinski definition) is 4. The number of aliphatic hydroxyl groups is 2. The second-order valence-corrected chi connectivity index (χ2v) is 6.60. The Morgan fingerprint density at radius 3 is 2.33 bits per heavy atom. The molecular formula is C15H19ClF3NO4. The summed E-state index contributed by atoms with van der Waals surface area (Å²) in [5.74, 6) is 0. The van der Waals surface area contributed by atoms with Gasteiger partial charge in [0, 0.05) is 11.6 Å². The van der Waals surface area contributed by atoms with Crippen LogP contribution in [0.3, 0.4) is 0 Å². The molecule has 1 aromatic rings. The van der Waals surface area contributed by atoms with E-state index in [0.717, 1.165) is 6.07 Å². The number of nitrogens with one attached hydrogen (secondary N) is 1. The van der Waals surface area contributed by atoms with Gasteiger partial charge in [-0.3, -0.25) is 0 Å². The van der Waals surface area contributed by atoms with Gasteiger partial charge in [-0.1, -0.05) is 11.6 Å². The Bertz CT molecular complexity index is 587. The highest BCUT2D eigenvalue weighted by Gasteiger charge is 2.32. The van der Waals surface area contributed by atoms with Crippen LogP contribution in [0.2, 0.25) is 5.02 Å². The van der Waals surface area contributed by atoms with Crippen LogP contribution in [-0.4, -0.2) is 34.6 Å². The van der Waals surface area contributed by atoms with Crippen molar-refractivity contribution in [2.45, 2.75) is 44.8 Å². The standard InChI is InChI=1S/C15H19ClF3NO4/c1-14(2,3)24-13(23)20-7-11(21)12(22)8-4-9(15(17,18)19)6-10(16)5-8/h4-6,11-12,21-22H,7H2,1-3H3,(H,20,23). The third-order valence-electron chi connectivity index (χ3n) is 2.81. The first-order valence-electron chi connectivity index (χ1n) is 7.00. The van der Waals surface area contributed by atoms with Crippen LogP contribution in [0.5, 0.6) is 0 Å². The quantitative estimate of drug-likeness (QED) is 0.761. The second kappa shape index (κ2) is 7.58. The molecule has 0 aromatic heterocycles. The van der Waals surface area contributed by atoms with E-state index < -0.39 is 42.2 Å². The van der Waals surface area contributed by atoms with Crippen molar-refractivity contribution in [3.05, 3.63) is 34.3 Å². The number of alkyl carbamates (subject to hydrolysis) is 1. The molecule has 0 saturated heterocycles. The van der Waals surface area contributed by atoms with Gasteiger partial charge in [-0.25, -0.2) is 4.79 Å². The maximum absolute atomic E-state index is 12.7. The number of amides is 1. The number of carbonyl (C=O) groups is 1. The Balaban J connectivity index is 2.77. The van der Waals surface area contributed by atoms with Gasteiger partial charge in [0.05, 0.1) is 5.56 Å². The molecule has 0 aliphatic carbocycles. The zero-order chi connectivity index (χ0) is 18.7. The fourth-order valence-electron chi connectivity index (χ4n) is 1.78. The van der Waals surface area contributed by atoms with Gasteiger partial charge in [0.1, 0.15) is 17.8 Å². The lowest BCUT2D eigenvalue weighted by atomic mass is 10.0. The summed E-state index contributed by atoms with van der Waals surface area (Å²) < 4.78 is 43.2. The Kier molecular flexibility index (Phi) is 6.49. The van der Waals surface area contributed by atoms with Gasteiger partial charge in [-0.15, -0.1) is 0 Å². The molecule has 9 heteroatoms. The highest BCUT2D eigenvalue weighted by molar-refractivity contribution is 6.30. The normalized spacial score (nSPS) is 14.9. The molecule has 0 heterocycles. The SMILES string of the molecule is CC(C)(C)OC(=O)NCC(O)C(O)c1cc(Cl)cc(C(F)(F)F)c1. The first kappa shape index (κ1) is 20.5. The van der Waals surface area contributed by atoms with Crippen molar-refractivity contribution in [3.8, 4) is 0 Å². The molecular weight excluding hydrogens is 351 g/mol. The van der Waals surface area contributed by atoms with Gasteiger partial charge in [-0.05, 0) is 44.5 Å². The number of carbonyl (C=O) groups excluding carboxylic acids is 1. The molecule has 5 nitrogen and oxygen atoms in total. The lowest BCUT2D eigenvalue weighted by Crippen LogP contribution is -2.38. The van der Waals surface area contributed by atoms with Crippen LogP contribution >= 0.6 is 11.6 Å². The van der Waals surface area contributed by atoms with Crippen LogP contribution in [0.1, 0.15) is 38.0 Å². The first-order valence-corrected chi connectivity index (χ1v) is 7.38. The van der Waals surface area contributed by atoms with Crippen molar-refractivity contribution in [1.29, 1.82) is 0 Å². The van der Waals surface area contributed by atoms with Gasteiger partial charge in [0.2, 0.25) is 0 Å². The van der Waals surface area contributed by atoms with E-state index in [1.165, 1.54) is 0 Å². The summed E-state index contributed by atoms with van der Waals surface area (Å²) >= 11 is 5.62. The fraction of sp³-hybridized carbons (Fsp3) is 0.533. The van der Waals surface area contributed by atoms with E-state index in [0.29, 0.717) is 12.1 Å². The zero-order valence-corrected chi connectivity index (χ0v) is 14.1. The molecule has 0 aliphatic heterocycles. The van der Waals surface area contributed by atoms with Crippen LogP contribution in [0.15, 0.2) is 18.2 Å². The van der Waals surface area contributed by atoms with Gasteiger partial charge >= 0.3 is 12.3 Å². The third-order valence-corrected chi connectivity index (χ3v) is 3.03. The summed E-state index contributed by atoms with van der Waals surface area (Å²) in [6, 6.07) is 2.51. The second-order valence-electron chi connectivity index (χ2n) is 6.17. The van der Waals surface area contributed by atoms with E-state index in [1.54, 1.807) is 20.8 Å². The zero-order valence-electron chi connectivity index (χ0n) is 13.3. The van der Waals surface area contributed by atoms with Gasteiger partial charge < -0.3 is 20.3 Å². The van der Waals surface area contributed by atoms with Gasteiger partial charge in [-0.2, -0.15) is 13.2 Å². The van der Waals surface area contributed by atoms with Crippen molar-refractivity contribution in [3.63, 3.8) is 0 Å². The molecule has 0 aliphatic rings. The monoisotopic (exact) mass is 369 g/mol. The summed E-state index contributed by atoms with van der Waals surface area (Å²) in [7, 11) is 0. The Labute approximate surface area is 142 Å². The number of benzene rings is 1. The summed E-state index contributed by atoms with van der Waals surface area (Å²) in [5.41, 5.74) is -2.01. The topological polar surface area (TPSA) is 78.8 Å². The molecule has 0 bridgehead atoms. The molecule has 2 atom stereocenters. The highest BCUT2D eigenvalue weighted by atomic mass is 35.5. The Hall–Kier alpha value is -1.51. The summed E-state index contributed by atoms with van der Waals surface area (Å²) in [6.07, 6.45) is -8.67. The molecule has 0 saturated carbocycles. The molecule has 0 fully saturated rings. The molecule has 0 spiro atoms. The van der Waals surface area contributed by atoms with Crippen molar-refractivity contribution in [2.24, 2.45) is 0 Å². The van der Waals surface area contributed by atoms with Crippen LogP contribution in [0, 0.1) is 0 Å². The van der Waals surface area contributed by atoms with Crippen LogP contribution in [-0.2, 0) is 10.9 Å². The molecule has 1 rings (SSSR count). The minimum atomic E-state index is -4.64. The number of aliphatic hydroxyl groups excluding tert-OH is 2. The Morgan fingerprint density at radius 1 is 1.25 bits per heavy atom. The molecule has 3 N–H and O–H groups in total. The highest BCUT2D eigenvalue weighted by Crippen LogP contribution is 2.33. The lowest BCUT2D eigenvalue weighted by molar-refractivity contribution is -0.137. The van der Waals surface area contributed by atoms with E-state index in [1.807, 2.05) is 0 Å². The van der Waals surface area contributed by atoms with Crippen LogP contribution in [0.25, 0.3) is 0 Å². The summed E-state index contributed by atoms with van der Waals surface area (Å²) in [4.78, 5) is 11.5. The predicted octanol–water partition coefficient (Wildman–Crippen LogP) is 3.28. The first-order chi connectivity index (χ1) is 10.8. The smallest absolute Gasteiger partial charge is 0.416 e. The van der Waals surface area contributed by atoms with E-state index in [9.17, 15) is 28.2 Å². The van der Waals surface area contributed by atoms with Crippen molar-refractivity contribution in [1.82, 2.24) is 5.32 Å². The van der Waals surface area contributed by atoms with Crippen molar-refractivity contribution < 1.29 is 32.9 Å². The number of alkyl halides is 3. The van der Waals surface area contributed by atoms with Crippen LogP contribution < -0.4 is 5.32 Å². The third kappa shape index (κ3) is 6.54. The molecule has 1 aromatic carbocycles.